The fraction of sp³-hybridized carbons (Fsp3) is 0.909. The molecule has 3 nitrogen and oxygen atoms in total. The smallest absolute Gasteiger partial charge is 0.326 e. The molecule has 15 heavy (non-hydrogen) atoms. The van der Waals surface area contributed by atoms with E-state index in [-0.39, 0.29) is 5.97 Å². The lowest BCUT2D eigenvalue weighted by Crippen LogP contribution is -2.48. The molecular formula is C11H23NO2S. The van der Waals surface area contributed by atoms with Gasteiger partial charge < -0.3 is 10.5 Å². The molecule has 1 unspecified atom stereocenters. The zero-order chi connectivity index (χ0) is 11.7. The van der Waals surface area contributed by atoms with Crippen molar-refractivity contribution in [2.24, 2.45) is 5.73 Å². The lowest BCUT2D eigenvalue weighted by Gasteiger charge is -2.21. The second-order valence-corrected chi connectivity index (χ2v) is 5.00. The topological polar surface area (TPSA) is 52.3 Å². The van der Waals surface area contributed by atoms with E-state index in [0.29, 0.717) is 12.4 Å². The van der Waals surface area contributed by atoms with Gasteiger partial charge in [-0.1, -0.05) is 19.8 Å². The van der Waals surface area contributed by atoms with Crippen molar-refractivity contribution >= 4 is 17.7 Å². The summed E-state index contributed by atoms with van der Waals surface area (Å²) in [4.78, 5) is 11.4. The van der Waals surface area contributed by atoms with E-state index in [1.54, 1.807) is 25.6 Å². The van der Waals surface area contributed by atoms with Gasteiger partial charge in [-0.05, 0) is 26.0 Å². The van der Waals surface area contributed by atoms with Crippen LogP contribution >= 0.6 is 11.8 Å². The zero-order valence-corrected chi connectivity index (χ0v) is 10.9. The van der Waals surface area contributed by atoms with E-state index < -0.39 is 5.54 Å². The number of hydrogen-bond acceptors (Lipinski definition) is 4. The molecule has 90 valence electrons. The van der Waals surface area contributed by atoms with Crippen LogP contribution in [0.1, 0.15) is 40.0 Å². The van der Waals surface area contributed by atoms with Crippen LogP contribution in [0.4, 0.5) is 0 Å². The van der Waals surface area contributed by atoms with Crippen molar-refractivity contribution in [3.63, 3.8) is 0 Å². The quantitative estimate of drug-likeness (QED) is 0.516. The van der Waals surface area contributed by atoms with Gasteiger partial charge in [0.25, 0.3) is 0 Å². The molecule has 0 fully saturated rings. The molecule has 2 N–H and O–H groups in total. The van der Waals surface area contributed by atoms with Crippen LogP contribution in [0.2, 0.25) is 0 Å². The second-order valence-electron chi connectivity index (χ2n) is 3.90. The normalized spacial score (nSPS) is 14.7. The van der Waals surface area contributed by atoms with Crippen LogP contribution in [0, 0.1) is 0 Å². The highest BCUT2D eigenvalue weighted by Gasteiger charge is 2.29. The van der Waals surface area contributed by atoms with Gasteiger partial charge in [0.05, 0.1) is 6.61 Å². The third-order valence-corrected chi connectivity index (χ3v) is 3.42. The molecule has 0 saturated carbocycles. The van der Waals surface area contributed by atoms with Crippen molar-refractivity contribution in [2.45, 2.75) is 45.6 Å². The molecule has 0 rings (SSSR count). The Morgan fingerprint density at radius 2 is 2.07 bits per heavy atom. The molecule has 0 aliphatic heterocycles. The first kappa shape index (κ1) is 14.8. The predicted molar refractivity (Wildman–Crippen MR) is 66.1 cm³/mol. The monoisotopic (exact) mass is 233 g/mol. The van der Waals surface area contributed by atoms with Crippen LogP contribution in [0.15, 0.2) is 0 Å². The highest BCUT2D eigenvalue weighted by Crippen LogP contribution is 2.14. The molecule has 0 aromatic carbocycles. The maximum atomic E-state index is 11.4. The molecule has 0 aliphatic carbocycles. The third-order valence-electron chi connectivity index (χ3n) is 2.04. The van der Waals surface area contributed by atoms with Gasteiger partial charge in [-0.3, -0.25) is 4.79 Å². The summed E-state index contributed by atoms with van der Waals surface area (Å²) >= 11 is 1.73. The highest BCUT2D eigenvalue weighted by molar-refractivity contribution is 7.99. The Hall–Kier alpha value is -0.220. The van der Waals surface area contributed by atoms with Gasteiger partial charge >= 0.3 is 5.97 Å². The highest BCUT2D eigenvalue weighted by atomic mass is 32.2. The first-order valence-electron chi connectivity index (χ1n) is 5.58. The molecule has 0 radical (unpaired) electrons. The van der Waals surface area contributed by atoms with Crippen LogP contribution in [0.5, 0.6) is 0 Å². The van der Waals surface area contributed by atoms with Gasteiger partial charge in [-0.2, -0.15) is 11.8 Å². The minimum atomic E-state index is -0.840. The summed E-state index contributed by atoms with van der Waals surface area (Å²) < 4.78 is 4.91. The predicted octanol–water partition coefficient (Wildman–Crippen LogP) is 2.19. The minimum absolute atomic E-state index is 0.298. The summed E-state index contributed by atoms with van der Waals surface area (Å²) in [7, 11) is 0. The molecule has 0 aromatic rings. The van der Waals surface area contributed by atoms with E-state index in [1.807, 2.05) is 0 Å². The van der Waals surface area contributed by atoms with Crippen LogP contribution in [0.3, 0.4) is 0 Å². The van der Waals surface area contributed by atoms with Gasteiger partial charge in [0.15, 0.2) is 0 Å². The van der Waals surface area contributed by atoms with Crippen LogP contribution in [-0.2, 0) is 9.53 Å². The van der Waals surface area contributed by atoms with Gasteiger partial charge in [0, 0.05) is 5.75 Å². The lowest BCUT2D eigenvalue weighted by atomic mass is 10.1. The Labute approximate surface area is 97.1 Å². The average Bonchev–Trinajstić information content (AvgIpc) is 2.18. The Morgan fingerprint density at radius 3 is 2.60 bits per heavy atom. The number of nitrogens with two attached hydrogens (primary N) is 1. The number of carbonyl (C=O) groups is 1. The van der Waals surface area contributed by atoms with Crippen molar-refractivity contribution in [3.05, 3.63) is 0 Å². The van der Waals surface area contributed by atoms with Gasteiger partial charge in [0.1, 0.15) is 5.54 Å². The molecular weight excluding hydrogens is 210 g/mol. The number of thioether (sulfide) groups is 1. The van der Waals surface area contributed by atoms with Gasteiger partial charge in [0.2, 0.25) is 0 Å². The molecule has 0 spiro atoms. The molecule has 0 amide bonds. The van der Waals surface area contributed by atoms with Crippen molar-refractivity contribution in [2.75, 3.05) is 18.1 Å². The van der Waals surface area contributed by atoms with Crippen molar-refractivity contribution in [1.29, 1.82) is 0 Å². The Bertz CT molecular complexity index is 183. The third kappa shape index (κ3) is 6.79. The second kappa shape index (κ2) is 7.99. The molecule has 4 heteroatoms. The van der Waals surface area contributed by atoms with Crippen molar-refractivity contribution in [1.82, 2.24) is 0 Å². The standard InChI is InChI=1S/C11H23NO2S/c1-4-6-7-8-15-9-11(3,12)10(13)14-5-2/h4-9,12H2,1-3H3. The van der Waals surface area contributed by atoms with E-state index in [9.17, 15) is 4.79 Å². The van der Waals surface area contributed by atoms with Crippen LogP contribution < -0.4 is 5.73 Å². The van der Waals surface area contributed by atoms with E-state index in [0.717, 1.165) is 5.75 Å². The van der Waals surface area contributed by atoms with Gasteiger partial charge in [-0.25, -0.2) is 0 Å². The number of ether oxygens (including phenoxy) is 1. The fourth-order valence-corrected chi connectivity index (χ4v) is 2.19. The minimum Gasteiger partial charge on any atom is -0.465 e. The van der Waals surface area contributed by atoms with Crippen LogP contribution in [0.25, 0.3) is 0 Å². The molecule has 0 heterocycles. The molecule has 0 aromatic heterocycles. The number of hydrogen-bond donors (Lipinski definition) is 1. The van der Waals surface area contributed by atoms with E-state index >= 15 is 0 Å². The van der Waals surface area contributed by atoms with E-state index in [2.05, 4.69) is 6.92 Å². The summed E-state index contributed by atoms with van der Waals surface area (Å²) in [6.45, 7) is 6.10. The van der Waals surface area contributed by atoms with Gasteiger partial charge in [-0.15, -0.1) is 0 Å². The maximum Gasteiger partial charge on any atom is 0.326 e. The summed E-state index contributed by atoms with van der Waals surface area (Å²) in [5, 5.41) is 0. The SMILES string of the molecule is CCCCCSCC(C)(N)C(=O)OCC. The summed E-state index contributed by atoms with van der Waals surface area (Å²) in [6, 6.07) is 0. The number of unbranched alkanes of at least 4 members (excludes halogenated alkanes) is 2. The Balaban J connectivity index is 3.68. The lowest BCUT2D eigenvalue weighted by molar-refractivity contribution is -0.148. The molecule has 1 atom stereocenters. The zero-order valence-electron chi connectivity index (χ0n) is 10.0. The number of carbonyl (C=O) groups excluding carboxylic acids is 1. The molecule has 0 aliphatic rings. The molecule has 0 bridgehead atoms. The fourth-order valence-electron chi connectivity index (χ4n) is 1.09. The Morgan fingerprint density at radius 1 is 1.40 bits per heavy atom. The molecule has 0 saturated heterocycles. The first-order chi connectivity index (χ1) is 7.04. The average molecular weight is 233 g/mol. The maximum absolute atomic E-state index is 11.4. The van der Waals surface area contributed by atoms with E-state index in [1.165, 1.54) is 19.3 Å². The number of rotatable bonds is 8. The van der Waals surface area contributed by atoms with Crippen LogP contribution in [-0.4, -0.2) is 29.6 Å². The summed E-state index contributed by atoms with van der Waals surface area (Å²) in [5.41, 5.74) is 5.03. The Kier molecular flexibility index (Phi) is 7.88. The summed E-state index contributed by atoms with van der Waals surface area (Å²) in [6.07, 6.45) is 3.66. The van der Waals surface area contributed by atoms with Crippen molar-refractivity contribution in [3.8, 4) is 0 Å². The largest absolute Gasteiger partial charge is 0.465 e. The first-order valence-corrected chi connectivity index (χ1v) is 6.74. The van der Waals surface area contributed by atoms with E-state index in [4.69, 9.17) is 10.5 Å². The summed E-state index contributed by atoms with van der Waals surface area (Å²) in [5.74, 6) is 1.41. The number of esters is 1. The van der Waals surface area contributed by atoms with Crippen molar-refractivity contribution < 1.29 is 9.53 Å².